The highest BCUT2D eigenvalue weighted by atomic mass is 35.5. The summed E-state index contributed by atoms with van der Waals surface area (Å²) in [5.74, 6) is 0.481. The maximum Gasteiger partial charge on any atom is 0.416 e. The van der Waals surface area contributed by atoms with Gasteiger partial charge in [0.25, 0.3) is 0 Å². The van der Waals surface area contributed by atoms with Gasteiger partial charge in [-0.3, -0.25) is 4.79 Å². The van der Waals surface area contributed by atoms with E-state index in [4.69, 9.17) is 38.0 Å². The van der Waals surface area contributed by atoms with E-state index in [0.29, 0.717) is 45.3 Å². The molecule has 11 heteroatoms. The number of alkyl halides is 3. The number of aromatic nitrogens is 2. The van der Waals surface area contributed by atoms with Gasteiger partial charge in [0.15, 0.2) is 0 Å². The molecule has 0 saturated carbocycles. The number of ether oxygens (including phenoxy) is 1. The van der Waals surface area contributed by atoms with Crippen LogP contribution in [0.4, 0.5) is 18.9 Å². The van der Waals surface area contributed by atoms with Crippen molar-refractivity contribution < 1.29 is 27.8 Å². The van der Waals surface area contributed by atoms with Crippen molar-refractivity contribution in [1.82, 2.24) is 9.55 Å². The first-order valence-corrected chi connectivity index (χ1v) is 14.0. The van der Waals surface area contributed by atoms with Gasteiger partial charge in [0.05, 0.1) is 16.3 Å². The third-order valence-corrected chi connectivity index (χ3v) is 7.04. The number of carboxylic acid groups (broad SMARTS) is 1. The average Bonchev–Trinajstić information content (AvgIpc) is 3.38. The van der Waals surface area contributed by atoms with E-state index in [0.717, 1.165) is 28.8 Å². The van der Waals surface area contributed by atoms with Crippen LogP contribution in [0.25, 0.3) is 23.4 Å². The van der Waals surface area contributed by atoms with Crippen molar-refractivity contribution in [3.05, 3.63) is 130 Å². The molecule has 0 saturated heterocycles. The monoisotopic (exact) mass is 637 g/mol. The van der Waals surface area contributed by atoms with E-state index in [2.05, 4.69) is 5.32 Å². The Morgan fingerprint density at radius 1 is 0.909 bits per heavy atom. The van der Waals surface area contributed by atoms with Crippen LogP contribution in [0.5, 0.6) is 11.5 Å². The molecule has 0 unspecified atom stereocenters. The van der Waals surface area contributed by atoms with Crippen LogP contribution < -0.4 is 10.1 Å². The van der Waals surface area contributed by atoms with Gasteiger partial charge in [-0.2, -0.15) is 13.2 Å². The molecule has 0 amide bonds. The molecule has 44 heavy (non-hydrogen) atoms. The lowest BCUT2D eigenvalue weighted by Crippen LogP contribution is -2.12. The van der Waals surface area contributed by atoms with Gasteiger partial charge < -0.3 is 19.7 Å². The molecule has 1 heterocycles. The van der Waals surface area contributed by atoms with Crippen LogP contribution in [0.3, 0.4) is 0 Å². The summed E-state index contributed by atoms with van der Waals surface area (Å²) >= 11 is 12.6. The Morgan fingerprint density at radius 2 is 1.57 bits per heavy atom. The van der Waals surface area contributed by atoms with Crippen LogP contribution in [-0.2, 0) is 17.5 Å². The Morgan fingerprint density at radius 3 is 2.18 bits per heavy atom. The van der Waals surface area contributed by atoms with E-state index in [1.54, 1.807) is 24.3 Å². The number of nitrogens with one attached hydrogen (secondary N) is 1. The number of rotatable bonds is 10. The second-order valence-electron chi connectivity index (χ2n) is 9.71. The fourth-order valence-corrected chi connectivity index (χ4v) is 4.79. The quantitative estimate of drug-likeness (QED) is 0.159. The second-order valence-corrected chi connectivity index (χ2v) is 10.6. The number of halogens is 5. The zero-order chi connectivity index (χ0) is 31.3. The van der Waals surface area contributed by atoms with Crippen LogP contribution in [-0.4, -0.2) is 27.2 Å². The predicted molar refractivity (Wildman–Crippen MR) is 166 cm³/mol. The minimum atomic E-state index is -4.41. The number of carboxylic acids is 1. The van der Waals surface area contributed by atoms with E-state index in [9.17, 15) is 18.0 Å². The van der Waals surface area contributed by atoms with E-state index in [-0.39, 0.29) is 6.54 Å². The molecule has 4 aromatic carbocycles. The normalized spacial score (nSPS) is 11.6. The van der Waals surface area contributed by atoms with E-state index < -0.39 is 17.7 Å². The summed E-state index contributed by atoms with van der Waals surface area (Å²) in [6.45, 7) is 0.306. The molecular formula is C33H24Cl2F3N3O3. The Bertz CT molecular complexity index is 1790. The summed E-state index contributed by atoms with van der Waals surface area (Å²) in [4.78, 5) is 15.7. The highest BCUT2D eigenvalue weighted by Gasteiger charge is 2.30. The molecule has 2 N–H and O–H groups in total. The fourth-order valence-electron chi connectivity index (χ4n) is 4.29. The van der Waals surface area contributed by atoms with Gasteiger partial charge in [0.2, 0.25) is 0 Å². The first-order valence-electron chi connectivity index (χ1n) is 13.2. The average molecular weight is 638 g/mol. The van der Waals surface area contributed by atoms with E-state index in [1.165, 1.54) is 12.1 Å². The van der Waals surface area contributed by atoms with Crippen molar-refractivity contribution >= 4 is 47.0 Å². The molecule has 0 aliphatic carbocycles. The Hall–Kier alpha value is -4.73. The molecular weight excluding hydrogens is 614 g/mol. The van der Waals surface area contributed by atoms with E-state index >= 15 is 0 Å². The number of benzene rings is 4. The molecule has 6 nitrogen and oxygen atoms in total. The van der Waals surface area contributed by atoms with Crippen molar-refractivity contribution in [3.63, 3.8) is 0 Å². The van der Waals surface area contributed by atoms with Gasteiger partial charge in [-0.25, -0.2) is 4.98 Å². The second kappa shape index (κ2) is 13.3. The number of anilines is 1. The molecule has 0 aliphatic rings. The lowest BCUT2D eigenvalue weighted by molar-refractivity contribution is -0.137. The van der Waals surface area contributed by atoms with Crippen molar-refractivity contribution in [2.45, 2.75) is 12.7 Å². The molecule has 0 aliphatic heterocycles. The lowest BCUT2D eigenvalue weighted by atomic mass is 10.1. The highest BCUT2D eigenvalue weighted by Crippen LogP contribution is 2.32. The predicted octanol–water partition coefficient (Wildman–Crippen LogP) is 9.38. The first kappa shape index (κ1) is 30.7. The zero-order valence-electron chi connectivity index (χ0n) is 22.9. The number of aliphatic carboxylic acids is 1. The van der Waals surface area contributed by atoms with Gasteiger partial charge in [-0.05, 0) is 83.9 Å². The maximum atomic E-state index is 12.8. The number of hydrogen-bond donors (Lipinski definition) is 2. The highest BCUT2D eigenvalue weighted by molar-refractivity contribution is 6.36. The Balaban J connectivity index is 1.35. The van der Waals surface area contributed by atoms with Crippen LogP contribution in [0, 0.1) is 0 Å². The van der Waals surface area contributed by atoms with Crippen molar-refractivity contribution in [2.75, 3.05) is 11.9 Å². The van der Waals surface area contributed by atoms with Crippen LogP contribution in [0.15, 0.2) is 97.2 Å². The minimum Gasteiger partial charge on any atom is -0.480 e. The molecule has 5 aromatic rings. The lowest BCUT2D eigenvalue weighted by Gasteiger charge is -2.09. The smallest absolute Gasteiger partial charge is 0.416 e. The summed E-state index contributed by atoms with van der Waals surface area (Å²) in [5.41, 5.74) is 3.15. The summed E-state index contributed by atoms with van der Waals surface area (Å²) in [5, 5.41) is 12.7. The van der Waals surface area contributed by atoms with Gasteiger partial charge in [-0.1, -0.05) is 53.5 Å². The number of nitrogens with zero attached hydrogens (tertiary/aromatic N) is 2. The van der Waals surface area contributed by atoms with Crippen LogP contribution in [0.2, 0.25) is 10.0 Å². The summed E-state index contributed by atoms with van der Waals surface area (Å²) < 4.78 is 46.1. The van der Waals surface area contributed by atoms with Gasteiger partial charge >= 0.3 is 12.1 Å². The standard InChI is InChI=1S/C33H24Cl2F3N3O3/c34-24-8-15-28(29(35)17-24)30-20-41(19-22-1-9-25(10-2-22)39-18-32(42)43)31(40-30)16-5-21-3-11-26(12-4-21)44-27-13-6-23(7-14-27)33(36,37)38/h1-17,20,39H,18-19H2,(H,42,43)/b16-5+. The molecule has 224 valence electrons. The molecule has 5 rings (SSSR count). The van der Waals surface area contributed by atoms with Crippen LogP contribution in [0.1, 0.15) is 22.5 Å². The molecule has 0 radical (unpaired) electrons. The topological polar surface area (TPSA) is 76.4 Å². The molecule has 1 aromatic heterocycles. The van der Waals surface area contributed by atoms with Gasteiger partial charge in [0, 0.05) is 29.0 Å². The van der Waals surface area contributed by atoms with Crippen molar-refractivity contribution in [2.24, 2.45) is 0 Å². The molecule has 0 atom stereocenters. The molecule has 0 fully saturated rings. The zero-order valence-corrected chi connectivity index (χ0v) is 24.4. The van der Waals surface area contributed by atoms with Gasteiger partial charge in [-0.15, -0.1) is 0 Å². The Kier molecular flexibility index (Phi) is 9.27. The Labute approximate surface area is 261 Å². The number of imidazole rings is 1. The first-order chi connectivity index (χ1) is 21.0. The third kappa shape index (κ3) is 8.00. The maximum absolute atomic E-state index is 12.8. The summed E-state index contributed by atoms with van der Waals surface area (Å²) in [6.07, 6.45) is 1.23. The fraction of sp³-hybridized carbons (Fsp3) is 0.0909. The van der Waals surface area contributed by atoms with Crippen molar-refractivity contribution in [3.8, 4) is 22.8 Å². The van der Waals surface area contributed by atoms with Gasteiger partial charge in [0.1, 0.15) is 23.9 Å². The van der Waals surface area contributed by atoms with Crippen molar-refractivity contribution in [1.29, 1.82) is 0 Å². The largest absolute Gasteiger partial charge is 0.480 e. The minimum absolute atomic E-state index is 0.177. The van der Waals surface area contributed by atoms with E-state index in [1.807, 2.05) is 65.4 Å². The molecule has 0 bridgehead atoms. The molecule has 0 spiro atoms. The SMILES string of the molecule is O=C(O)CNc1ccc(Cn2cc(-c3ccc(Cl)cc3Cl)nc2/C=C/c2ccc(Oc3ccc(C(F)(F)F)cc3)cc2)cc1. The summed E-state index contributed by atoms with van der Waals surface area (Å²) in [7, 11) is 0. The summed E-state index contributed by atoms with van der Waals surface area (Å²) in [6, 6.07) is 24.3. The van der Waals surface area contributed by atoms with Crippen LogP contribution >= 0.6 is 23.2 Å². The number of hydrogen-bond acceptors (Lipinski definition) is 4. The number of carbonyl (C=O) groups is 1. The third-order valence-electron chi connectivity index (χ3n) is 6.49.